The van der Waals surface area contributed by atoms with Crippen molar-refractivity contribution in [1.82, 2.24) is 29.7 Å². The molecule has 4 aromatic heterocycles. The second kappa shape index (κ2) is 4.35. The van der Waals surface area contributed by atoms with Crippen molar-refractivity contribution < 1.29 is 9.90 Å². The highest BCUT2D eigenvalue weighted by Gasteiger charge is 2.17. The van der Waals surface area contributed by atoms with Crippen molar-refractivity contribution in [3.05, 3.63) is 36.3 Å². The van der Waals surface area contributed by atoms with E-state index in [1.807, 2.05) is 19.2 Å². The topological polar surface area (TPSA) is 110 Å². The van der Waals surface area contributed by atoms with Crippen LogP contribution in [0.1, 0.15) is 10.4 Å². The Bertz CT molecular complexity index is 1030. The summed E-state index contributed by atoms with van der Waals surface area (Å²) in [6.45, 7) is 0. The molecule has 0 spiro atoms. The van der Waals surface area contributed by atoms with E-state index in [2.05, 4.69) is 25.0 Å². The third-order valence-corrected chi connectivity index (χ3v) is 3.46. The second-order valence-electron chi connectivity index (χ2n) is 4.80. The Morgan fingerprint density at radius 2 is 2.18 bits per heavy atom. The minimum Gasteiger partial charge on any atom is -0.478 e. The molecule has 108 valence electrons. The van der Waals surface area contributed by atoms with E-state index in [0.717, 1.165) is 5.52 Å². The molecule has 0 aliphatic carbocycles. The molecule has 4 rings (SSSR count). The predicted octanol–water partition coefficient (Wildman–Crippen LogP) is 1.60. The minimum atomic E-state index is -1.05. The number of nitrogens with zero attached hydrogens (tertiary/aromatic N) is 5. The summed E-state index contributed by atoms with van der Waals surface area (Å²) in [7, 11) is 1.82. The molecule has 0 aromatic carbocycles. The van der Waals surface area contributed by atoms with E-state index in [4.69, 9.17) is 0 Å². The molecule has 0 radical (unpaired) electrons. The van der Waals surface area contributed by atoms with Crippen molar-refractivity contribution in [1.29, 1.82) is 0 Å². The summed E-state index contributed by atoms with van der Waals surface area (Å²) >= 11 is 0. The Labute approximate surface area is 123 Å². The molecule has 0 saturated heterocycles. The van der Waals surface area contributed by atoms with Crippen molar-refractivity contribution >= 4 is 28.2 Å². The SMILES string of the molecule is Cn1nc(-c2cnc3[nH]cc(C(=O)O)c3n2)c2ncccc21. The summed E-state index contributed by atoms with van der Waals surface area (Å²) in [6, 6.07) is 3.74. The maximum absolute atomic E-state index is 11.2. The first-order valence-electron chi connectivity index (χ1n) is 6.50. The summed E-state index contributed by atoms with van der Waals surface area (Å²) in [4.78, 5) is 27.0. The fourth-order valence-corrected chi connectivity index (χ4v) is 2.43. The molecule has 8 heteroatoms. The Balaban J connectivity index is 2.00. The van der Waals surface area contributed by atoms with E-state index in [-0.39, 0.29) is 5.56 Å². The highest BCUT2D eigenvalue weighted by molar-refractivity contribution is 6.01. The molecule has 0 aliphatic rings. The smallest absolute Gasteiger partial charge is 0.339 e. The summed E-state index contributed by atoms with van der Waals surface area (Å²) in [5, 5.41) is 13.6. The number of H-pyrrole nitrogens is 1. The van der Waals surface area contributed by atoms with Crippen LogP contribution in [0, 0.1) is 0 Å². The summed E-state index contributed by atoms with van der Waals surface area (Å²) in [5.74, 6) is -1.05. The first-order chi connectivity index (χ1) is 10.6. The zero-order valence-corrected chi connectivity index (χ0v) is 11.5. The lowest BCUT2D eigenvalue weighted by atomic mass is 10.2. The molecule has 0 aliphatic heterocycles. The van der Waals surface area contributed by atoms with Crippen molar-refractivity contribution in [2.45, 2.75) is 0 Å². The van der Waals surface area contributed by atoms with Crippen molar-refractivity contribution in [3.63, 3.8) is 0 Å². The third kappa shape index (κ3) is 1.67. The maximum atomic E-state index is 11.2. The van der Waals surface area contributed by atoms with E-state index in [0.29, 0.717) is 28.1 Å². The van der Waals surface area contributed by atoms with Crippen LogP contribution >= 0.6 is 0 Å². The number of carboxylic acid groups (broad SMARTS) is 1. The van der Waals surface area contributed by atoms with Crippen LogP contribution in [0.25, 0.3) is 33.6 Å². The second-order valence-corrected chi connectivity index (χ2v) is 4.80. The Morgan fingerprint density at radius 3 is 3.00 bits per heavy atom. The molecule has 0 bridgehead atoms. The molecular weight excluding hydrogens is 284 g/mol. The van der Waals surface area contributed by atoms with Gasteiger partial charge in [-0.1, -0.05) is 0 Å². The number of nitrogens with one attached hydrogen (secondary N) is 1. The molecule has 0 fully saturated rings. The lowest BCUT2D eigenvalue weighted by Gasteiger charge is -1.97. The number of hydrogen-bond donors (Lipinski definition) is 2. The number of carbonyl (C=O) groups is 1. The standard InChI is InChI=1S/C14H10N6O2/c1-20-9-3-2-4-15-12(9)11(19-20)8-6-17-13-10(18-8)7(5-16-13)14(21)22/h2-6H,1H3,(H,16,17)(H,21,22). The van der Waals surface area contributed by atoms with E-state index in [9.17, 15) is 9.90 Å². The van der Waals surface area contributed by atoms with E-state index in [1.165, 1.54) is 6.20 Å². The van der Waals surface area contributed by atoms with Crippen LogP contribution < -0.4 is 0 Å². The first-order valence-corrected chi connectivity index (χ1v) is 6.50. The van der Waals surface area contributed by atoms with Gasteiger partial charge in [-0.2, -0.15) is 5.10 Å². The fraction of sp³-hybridized carbons (Fsp3) is 0.0714. The van der Waals surface area contributed by atoms with Gasteiger partial charge in [0.2, 0.25) is 0 Å². The van der Waals surface area contributed by atoms with Gasteiger partial charge in [0, 0.05) is 19.4 Å². The van der Waals surface area contributed by atoms with Gasteiger partial charge in [0.05, 0.1) is 11.7 Å². The number of hydrogen-bond acceptors (Lipinski definition) is 5. The zero-order chi connectivity index (χ0) is 15.3. The van der Waals surface area contributed by atoms with Gasteiger partial charge in [0.15, 0.2) is 5.65 Å². The average molecular weight is 294 g/mol. The molecule has 0 amide bonds. The van der Waals surface area contributed by atoms with Gasteiger partial charge in [-0.25, -0.2) is 14.8 Å². The Morgan fingerprint density at radius 1 is 1.32 bits per heavy atom. The minimum absolute atomic E-state index is 0.0811. The van der Waals surface area contributed by atoms with Crippen LogP contribution in [0.4, 0.5) is 0 Å². The van der Waals surface area contributed by atoms with Crippen LogP contribution in [-0.4, -0.2) is 40.8 Å². The van der Waals surface area contributed by atoms with Crippen LogP contribution in [0.5, 0.6) is 0 Å². The molecule has 22 heavy (non-hydrogen) atoms. The van der Waals surface area contributed by atoms with Gasteiger partial charge in [-0.15, -0.1) is 0 Å². The Hall–Kier alpha value is -3.29. The lowest BCUT2D eigenvalue weighted by Crippen LogP contribution is -1.97. The van der Waals surface area contributed by atoms with Crippen molar-refractivity contribution in [2.75, 3.05) is 0 Å². The van der Waals surface area contributed by atoms with E-state index < -0.39 is 5.97 Å². The van der Waals surface area contributed by atoms with Gasteiger partial charge >= 0.3 is 5.97 Å². The van der Waals surface area contributed by atoms with Crippen LogP contribution in [-0.2, 0) is 7.05 Å². The molecule has 4 aromatic rings. The van der Waals surface area contributed by atoms with Crippen LogP contribution in [0.3, 0.4) is 0 Å². The number of aromatic carboxylic acids is 1. The van der Waals surface area contributed by atoms with Crippen molar-refractivity contribution in [3.8, 4) is 11.4 Å². The molecule has 4 heterocycles. The highest BCUT2D eigenvalue weighted by atomic mass is 16.4. The van der Waals surface area contributed by atoms with Gasteiger partial charge in [0.25, 0.3) is 0 Å². The average Bonchev–Trinajstić information content (AvgIpc) is 3.09. The molecular formula is C14H10N6O2. The summed E-state index contributed by atoms with van der Waals surface area (Å²) < 4.78 is 1.71. The maximum Gasteiger partial charge on any atom is 0.339 e. The van der Waals surface area contributed by atoms with Gasteiger partial charge in [-0.05, 0) is 12.1 Å². The zero-order valence-electron chi connectivity index (χ0n) is 11.5. The fourth-order valence-electron chi connectivity index (χ4n) is 2.43. The van der Waals surface area contributed by atoms with Gasteiger partial charge in [0.1, 0.15) is 28.0 Å². The van der Waals surface area contributed by atoms with Crippen LogP contribution in [0.2, 0.25) is 0 Å². The molecule has 8 nitrogen and oxygen atoms in total. The molecule has 0 saturated carbocycles. The number of rotatable bonds is 2. The third-order valence-electron chi connectivity index (χ3n) is 3.46. The lowest BCUT2D eigenvalue weighted by molar-refractivity contribution is 0.0699. The van der Waals surface area contributed by atoms with E-state index >= 15 is 0 Å². The number of carboxylic acids is 1. The summed E-state index contributed by atoms with van der Waals surface area (Å²) in [5.41, 5.74) is 3.44. The van der Waals surface area contributed by atoms with Gasteiger partial charge in [-0.3, -0.25) is 9.67 Å². The quantitative estimate of drug-likeness (QED) is 0.581. The van der Waals surface area contributed by atoms with E-state index in [1.54, 1.807) is 17.1 Å². The monoisotopic (exact) mass is 294 g/mol. The Kier molecular flexibility index (Phi) is 2.46. The normalized spacial score (nSPS) is 11.3. The number of pyridine rings is 1. The largest absolute Gasteiger partial charge is 0.478 e. The summed E-state index contributed by atoms with van der Waals surface area (Å²) in [6.07, 6.45) is 4.62. The first kappa shape index (κ1) is 12.5. The highest BCUT2D eigenvalue weighted by Crippen LogP contribution is 2.25. The van der Waals surface area contributed by atoms with Gasteiger partial charge < -0.3 is 10.1 Å². The number of aromatic amines is 1. The molecule has 0 atom stereocenters. The molecule has 0 unspecified atom stereocenters. The predicted molar refractivity (Wildman–Crippen MR) is 78.4 cm³/mol. The van der Waals surface area contributed by atoms with Crippen LogP contribution in [0.15, 0.2) is 30.7 Å². The number of fused-ring (bicyclic) bond motifs is 2. The number of aromatic nitrogens is 6. The molecule has 2 N–H and O–H groups in total. The number of aryl methyl sites for hydroxylation is 1. The van der Waals surface area contributed by atoms with Crippen molar-refractivity contribution in [2.24, 2.45) is 7.05 Å².